The fraction of sp³-hybridized carbons (Fsp3) is 0.357. The van der Waals surface area contributed by atoms with Gasteiger partial charge in [-0.25, -0.2) is 4.79 Å². The first-order chi connectivity index (χ1) is 9.20. The second-order valence-electron chi connectivity index (χ2n) is 4.55. The van der Waals surface area contributed by atoms with Crippen molar-refractivity contribution in [2.75, 3.05) is 0 Å². The van der Waals surface area contributed by atoms with E-state index in [0.717, 1.165) is 0 Å². The number of benzene rings is 1. The van der Waals surface area contributed by atoms with Crippen LogP contribution in [0.1, 0.15) is 29.6 Å². The van der Waals surface area contributed by atoms with Crippen LogP contribution >= 0.6 is 0 Å². The summed E-state index contributed by atoms with van der Waals surface area (Å²) in [5.74, 6) is -1.09. The number of Topliss-reactive ketones (excluding diaryl/α,β-unsaturated/α-hetero) is 1. The third-order valence-electron chi connectivity index (χ3n) is 3.18. The van der Waals surface area contributed by atoms with Gasteiger partial charge in [0.05, 0.1) is 11.5 Å². The molecule has 2 unspecified atom stereocenters. The van der Waals surface area contributed by atoms with Crippen LogP contribution in [0.3, 0.4) is 0 Å². The Balaban J connectivity index is 1.84. The molecule has 1 N–H and O–H groups in total. The molecule has 0 aromatic heterocycles. The molecule has 1 aromatic carbocycles. The standard InChI is InChI=1S/C14H15NO4/c16-9-11-8-12(6-7-13(11)17)15-19-14(18)10-4-2-1-3-5-10/h1-5,9,11-12,15H,6-8H2. The van der Waals surface area contributed by atoms with Crippen molar-refractivity contribution in [3.8, 4) is 0 Å². The topological polar surface area (TPSA) is 72.5 Å². The first-order valence-electron chi connectivity index (χ1n) is 6.20. The van der Waals surface area contributed by atoms with Crippen LogP contribution in [0, 0.1) is 5.92 Å². The Morgan fingerprint density at radius 3 is 2.74 bits per heavy atom. The van der Waals surface area contributed by atoms with Crippen LogP contribution in [0.5, 0.6) is 0 Å². The molecule has 5 nitrogen and oxygen atoms in total. The molecule has 1 aliphatic carbocycles. The molecule has 0 amide bonds. The van der Waals surface area contributed by atoms with Crippen molar-refractivity contribution in [1.82, 2.24) is 5.48 Å². The molecule has 1 saturated carbocycles. The molecule has 0 aliphatic heterocycles. The Labute approximate surface area is 110 Å². The van der Waals surface area contributed by atoms with Gasteiger partial charge < -0.3 is 9.63 Å². The number of nitrogens with one attached hydrogen (secondary N) is 1. The van der Waals surface area contributed by atoms with Gasteiger partial charge in [0.15, 0.2) is 0 Å². The molecule has 0 heterocycles. The summed E-state index contributed by atoms with van der Waals surface area (Å²) in [6.45, 7) is 0. The summed E-state index contributed by atoms with van der Waals surface area (Å²) < 4.78 is 0. The monoisotopic (exact) mass is 261 g/mol. The lowest BCUT2D eigenvalue weighted by Crippen LogP contribution is -2.39. The minimum atomic E-state index is -0.582. The fourth-order valence-corrected chi connectivity index (χ4v) is 2.07. The molecule has 0 radical (unpaired) electrons. The molecular weight excluding hydrogens is 246 g/mol. The third-order valence-corrected chi connectivity index (χ3v) is 3.18. The van der Waals surface area contributed by atoms with Crippen molar-refractivity contribution in [1.29, 1.82) is 0 Å². The molecule has 1 aliphatic rings. The van der Waals surface area contributed by atoms with Gasteiger partial charge in [-0.1, -0.05) is 18.2 Å². The van der Waals surface area contributed by atoms with Crippen molar-refractivity contribution < 1.29 is 19.2 Å². The van der Waals surface area contributed by atoms with E-state index in [1.54, 1.807) is 24.3 Å². The SMILES string of the molecule is O=CC1CC(NOC(=O)c2ccccc2)CCC1=O. The number of rotatable bonds is 4. The highest BCUT2D eigenvalue weighted by atomic mass is 16.7. The van der Waals surface area contributed by atoms with Gasteiger partial charge in [-0.05, 0) is 25.0 Å². The van der Waals surface area contributed by atoms with Crippen LogP contribution in [0.15, 0.2) is 30.3 Å². The minimum Gasteiger partial charge on any atom is -0.366 e. The molecule has 1 aromatic rings. The Morgan fingerprint density at radius 1 is 1.32 bits per heavy atom. The number of hydrogen-bond donors (Lipinski definition) is 1. The van der Waals surface area contributed by atoms with Crippen molar-refractivity contribution in [3.63, 3.8) is 0 Å². The summed E-state index contributed by atoms with van der Waals surface area (Å²) >= 11 is 0. The largest absolute Gasteiger partial charge is 0.366 e. The summed E-state index contributed by atoms with van der Waals surface area (Å²) in [6, 6.07) is 8.47. The molecule has 0 spiro atoms. The molecule has 2 atom stereocenters. The maximum absolute atomic E-state index is 11.7. The number of carbonyl (C=O) groups is 3. The van der Waals surface area contributed by atoms with Gasteiger partial charge in [-0.15, -0.1) is 5.48 Å². The average molecular weight is 261 g/mol. The first kappa shape index (κ1) is 13.4. The Bertz CT molecular complexity index is 472. The zero-order valence-electron chi connectivity index (χ0n) is 10.4. The second kappa shape index (κ2) is 6.24. The van der Waals surface area contributed by atoms with Gasteiger partial charge in [0.1, 0.15) is 12.1 Å². The van der Waals surface area contributed by atoms with Crippen molar-refractivity contribution in [2.45, 2.75) is 25.3 Å². The van der Waals surface area contributed by atoms with Crippen molar-refractivity contribution in [3.05, 3.63) is 35.9 Å². The van der Waals surface area contributed by atoms with Crippen LogP contribution in [0.2, 0.25) is 0 Å². The summed E-state index contributed by atoms with van der Waals surface area (Å²) in [5.41, 5.74) is 3.10. The van der Waals surface area contributed by atoms with Gasteiger partial charge in [0, 0.05) is 12.5 Å². The number of aldehydes is 1. The molecule has 5 heteroatoms. The van der Waals surface area contributed by atoms with Crippen LogP contribution < -0.4 is 5.48 Å². The lowest BCUT2D eigenvalue weighted by molar-refractivity contribution is -0.130. The Morgan fingerprint density at radius 2 is 2.05 bits per heavy atom. The minimum absolute atomic E-state index is 0.0394. The maximum Gasteiger partial charge on any atom is 0.356 e. The van der Waals surface area contributed by atoms with Crippen LogP contribution in [-0.2, 0) is 14.4 Å². The zero-order valence-corrected chi connectivity index (χ0v) is 10.4. The van der Waals surface area contributed by atoms with Gasteiger partial charge in [0.25, 0.3) is 0 Å². The van der Waals surface area contributed by atoms with Crippen LogP contribution in [0.25, 0.3) is 0 Å². The van der Waals surface area contributed by atoms with E-state index < -0.39 is 11.9 Å². The average Bonchev–Trinajstić information content (AvgIpc) is 2.47. The fourth-order valence-electron chi connectivity index (χ4n) is 2.07. The highest BCUT2D eigenvalue weighted by Crippen LogP contribution is 2.19. The van der Waals surface area contributed by atoms with Crippen LogP contribution in [0.4, 0.5) is 0 Å². The van der Waals surface area contributed by atoms with E-state index in [4.69, 9.17) is 4.84 Å². The number of hydrogen-bond acceptors (Lipinski definition) is 5. The summed E-state index contributed by atoms with van der Waals surface area (Å²) in [5, 5.41) is 0. The number of hydroxylamine groups is 1. The molecule has 0 saturated heterocycles. The zero-order chi connectivity index (χ0) is 13.7. The summed E-state index contributed by atoms with van der Waals surface area (Å²) in [7, 11) is 0. The normalized spacial score (nSPS) is 22.8. The van der Waals surface area contributed by atoms with E-state index in [9.17, 15) is 14.4 Å². The smallest absolute Gasteiger partial charge is 0.356 e. The molecule has 100 valence electrons. The quantitative estimate of drug-likeness (QED) is 0.502. The Kier molecular flexibility index (Phi) is 4.41. The van der Waals surface area contributed by atoms with Gasteiger partial charge in [-0.3, -0.25) is 4.79 Å². The first-order valence-corrected chi connectivity index (χ1v) is 6.20. The van der Waals surface area contributed by atoms with Crippen LogP contribution in [-0.4, -0.2) is 24.1 Å². The lowest BCUT2D eigenvalue weighted by atomic mass is 9.86. The van der Waals surface area contributed by atoms with E-state index in [-0.39, 0.29) is 11.8 Å². The molecule has 1 fully saturated rings. The Hall–Kier alpha value is -2.01. The predicted molar refractivity (Wildman–Crippen MR) is 67.2 cm³/mol. The molecule has 19 heavy (non-hydrogen) atoms. The third kappa shape index (κ3) is 3.48. The number of ketones is 1. The summed E-state index contributed by atoms with van der Waals surface area (Å²) in [6.07, 6.45) is 1.95. The van der Waals surface area contributed by atoms with E-state index in [1.807, 2.05) is 6.07 Å². The molecule has 2 rings (SSSR count). The maximum atomic E-state index is 11.7. The molecule has 0 bridgehead atoms. The summed E-state index contributed by atoms with van der Waals surface area (Å²) in [4.78, 5) is 38.7. The lowest BCUT2D eigenvalue weighted by Gasteiger charge is -2.24. The van der Waals surface area contributed by atoms with Gasteiger partial charge in [0.2, 0.25) is 0 Å². The van der Waals surface area contributed by atoms with E-state index in [1.165, 1.54) is 0 Å². The second-order valence-corrected chi connectivity index (χ2v) is 4.55. The van der Waals surface area contributed by atoms with E-state index >= 15 is 0 Å². The van der Waals surface area contributed by atoms with Gasteiger partial charge in [-0.2, -0.15) is 0 Å². The van der Waals surface area contributed by atoms with Crippen molar-refractivity contribution >= 4 is 18.0 Å². The highest BCUT2D eigenvalue weighted by molar-refractivity contribution is 5.94. The van der Waals surface area contributed by atoms with E-state index in [0.29, 0.717) is 31.1 Å². The highest BCUT2D eigenvalue weighted by Gasteiger charge is 2.29. The number of carbonyl (C=O) groups excluding carboxylic acids is 3. The van der Waals surface area contributed by atoms with E-state index in [2.05, 4.69) is 5.48 Å². The van der Waals surface area contributed by atoms with Crippen molar-refractivity contribution in [2.24, 2.45) is 5.92 Å². The van der Waals surface area contributed by atoms with Gasteiger partial charge >= 0.3 is 5.97 Å². The molecular formula is C14H15NO4. The predicted octanol–water partition coefficient (Wildman–Crippen LogP) is 1.28.